The van der Waals surface area contributed by atoms with Crippen LogP contribution in [0.25, 0.3) is 5.69 Å². The molecule has 2 aromatic heterocycles. The first-order chi connectivity index (χ1) is 10.7. The van der Waals surface area contributed by atoms with Crippen molar-refractivity contribution in [1.29, 1.82) is 5.26 Å². The zero-order valence-corrected chi connectivity index (χ0v) is 12.1. The number of hydrogen-bond donors (Lipinski definition) is 2. The predicted molar refractivity (Wildman–Crippen MR) is 83.8 cm³/mol. The van der Waals surface area contributed by atoms with Gasteiger partial charge in [-0.3, -0.25) is 9.36 Å². The second kappa shape index (κ2) is 6.00. The number of hydrogen-bond acceptors (Lipinski definition) is 5. The highest BCUT2D eigenvalue weighted by atomic mass is 16.1. The molecule has 6 nitrogen and oxygen atoms in total. The number of nitriles is 1. The maximum atomic E-state index is 11.9. The number of rotatable bonds is 3. The Morgan fingerprint density at radius 3 is 2.82 bits per heavy atom. The third-order valence-corrected chi connectivity index (χ3v) is 3.89. The molecule has 0 unspecified atom stereocenters. The molecule has 6 heteroatoms. The van der Waals surface area contributed by atoms with Gasteiger partial charge in [-0.1, -0.05) is 0 Å². The Kier molecular flexibility index (Phi) is 3.90. The Labute approximate surface area is 128 Å². The molecular formula is C16H17N5O. The molecule has 22 heavy (non-hydrogen) atoms. The molecule has 0 spiro atoms. The summed E-state index contributed by atoms with van der Waals surface area (Å²) in [7, 11) is 0. The number of nitrogens with one attached hydrogen (secondary N) is 1. The first-order valence-electron chi connectivity index (χ1n) is 7.27. The van der Waals surface area contributed by atoms with Crippen LogP contribution in [0.4, 0.5) is 5.82 Å². The summed E-state index contributed by atoms with van der Waals surface area (Å²) in [6.07, 6.45) is 6.18. The maximum Gasteiger partial charge on any atom is 0.255 e. The monoisotopic (exact) mass is 295 g/mol. The Morgan fingerprint density at radius 2 is 2.18 bits per heavy atom. The third-order valence-electron chi connectivity index (χ3n) is 3.89. The minimum Gasteiger partial charge on any atom is -0.367 e. The molecule has 1 saturated carbocycles. The summed E-state index contributed by atoms with van der Waals surface area (Å²) in [6, 6.07) is 9.19. The van der Waals surface area contributed by atoms with Crippen molar-refractivity contribution in [3.05, 3.63) is 52.6 Å². The van der Waals surface area contributed by atoms with Crippen LogP contribution in [-0.4, -0.2) is 21.6 Å². The predicted octanol–water partition coefficient (Wildman–Crippen LogP) is 1.40. The van der Waals surface area contributed by atoms with Gasteiger partial charge in [-0.25, -0.2) is 4.98 Å². The quantitative estimate of drug-likeness (QED) is 0.892. The van der Waals surface area contributed by atoms with E-state index < -0.39 is 0 Å². The molecule has 0 radical (unpaired) electrons. The van der Waals surface area contributed by atoms with Crippen LogP contribution >= 0.6 is 0 Å². The average molecular weight is 295 g/mol. The minimum absolute atomic E-state index is 0.191. The molecule has 0 saturated heterocycles. The van der Waals surface area contributed by atoms with Crippen LogP contribution in [0.3, 0.4) is 0 Å². The van der Waals surface area contributed by atoms with Gasteiger partial charge in [0.15, 0.2) is 0 Å². The van der Waals surface area contributed by atoms with Gasteiger partial charge in [-0.15, -0.1) is 0 Å². The fraction of sp³-hybridized carbons (Fsp3) is 0.312. The van der Waals surface area contributed by atoms with Crippen molar-refractivity contribution < 1.29 is 0 Å². The topological polar surface area (TPSA) is 96.7 Å². The van der Waals surface area contributed by atoms with Crippen molar-refractivity contribution in [3.8, 4) is 11.8 Å². The van der Waals surface area contributed by atoms with E-state index in [1.54, 1.807) is 6.20 Å². The van der Waals surface area contributed by atoms with E-state index in [-0.39, 0.29) is 11.6 Å². The molecule has 0 bridgehead atoms. The number of aromatic nitrogens is 2. The number of nitrogens with two attached hydrogens (primary N) is 1. The van der Waals surface area contributed by atoms with Crippen LogP contribution in [0.15, 0.2) is 41.5 Å². The third kappa shape index (κ3) is 3.00. The molecule has 3 N–H and O–H groups in total. The van der Waals surface area contributed by atoms with Crippen molar-refractivity contribution in [2.24, 2.45) is 5.73 Å². The van der Waals surface area contributed by atoms with Crippen molar-refractivity contribution in [3.63, 3.8) is 0 Å². The van der Waals surface area contributed by atoms with Crippen molar-refractivity contribution >= 4 is 5.82 Å². The smallest absolute Gasteiger partial charge is 0.255 e. The van der Waals surface area contributed by atoms with E-state index in [0.29, 0.717) is 17.3 Å². The van der Waals surface area contributed by atoms with Crippen LogP contribution in [0, 0.1) is 11.3 Å². The van der Waals surface area contributed by atoms with Gasteiger partial charge in [0.05, 0.1) is 17.4 Å². The first kappa shape index (κ1) is 14.3. The second-order valence-electron chi connectivity index (χ2n) is 5.55. The second-order valence-corrected chi connectivity index (χ2v) is 5.55. The molecule has 112 valence electrons. The Morgan fingerprint density at radius 1 is 1.32 bits per heavy atom. The average Bonchev–Trinajstić information content (AvgIpc) is 2.94. The van der Waals surface area contributed by atoms with E-state index in [9.17, 15) is 4.79 Å². The SMILES string of the molecule is N#Cc1ccc(=O)n(-c2ccc(N[C@H]3CC[C@H](N)C3)nc2)c1. The lowest BCUT2D eigenvalue weighted by Gasteiger charge is -2.13. The van der Waals surface area contributed by atoms with Gasteiger partial charge in [0.2, 0.25) is 0 Å². The van der Waals surface area contributed by atoms with Crippen molar-refractivity contribution in [1.82, 2.24) is 9.55 Å². The molecule has 1 fully saturated rings. The van der Waals surface area contributed by atoms with Gasteiger partial charge in [0.25, 0.3) is 5.56 Å². The standard InChI is InChI=1S/C16H17N5O/c17-8-11-1-6-16(22)21(10-11)14-4-5-15(19-9-14)20-13-3-2-12(18)7-13/h1,4-6,9-10,12-13H,2-3,7,18H2,(H,19,20)/t12-,13-/m0/s1. The minimum atomic E-state index is -0.191. The van der Waals surface area contributed by atoms with Gasteiger partial charge in [-0.2, -0.15) is 5.26 Å². The highest BCUT2D eigenvalue weighted by Gasteiger charge is 2.21. The van der Waals surface area contributed by atoms with E-state index in [2.05, 4.69) is 10.3 Å². The molecule has 2 atom stereocenters. The summed E-state index contributed by atoms with van der Waals surface area (Å²) in [6.45, 7) is 0. The van der Waals surface area contributed by atoms with Gasteiger partial charge in [0, 0.05) is 24.3 Å². The summed E-state index contributed by atoms with van der Waals surface area (Å²) in [5, 5.41) is 12.3. The molecule has 2 heterocycles. The largest absolute Gasteiger partial charge is 0.367 e. The number of nitrogens with zero attached hydrogens (tertiary/aromatic N) is 3. The van der Waals surface area contributed by atoms with Crippen LogP contribution in [0.1, 0.15) is 24.8 Å². The molecule has 0 aromatic carbocycles. The van der Waals surface area contributed by atoms with Crippen LogP contribution in [0.5, 0.6) is 0 Å². The van der Waals surface area contributed by atoms with Gasteiger partial charge in [-0.05, 0) is 37.5 Å². The lowest BCUT2D eigenvalue weighted by molar-refractivity contribution is 0.686. The Balaban J connectivity index is 1.80. The Bertz CT molecular complexity index is 759. The number of pyridine rings is 2. The van der Waals surface area contributed by atoms with Crippen LogP contribution < -0.4 is 16.6 Å². The highest BCUT2D eigenvalue weighted by Crippen LogP contribution is 2.21. The fourth-order valence-electron chi connectivity index (χ4n) is 2.73. The summed E-state index contributed by atoms with van der Waals surface area (Å²) < 4.78 is 1.42. The zero-order valence-electron chi connectivity index (χ0n) is 12.1. The highest BCUT2D eigenvalue weighted by molar-refractivity contribution is 5.42. The van der Waals surface area contributed by atoms with Crippen molar-refractivity contribution in [2.45, 2.75) is 31.3 Å². The fourth-order valence-corrected chi connectivity index (χ4v) is 2.73. The number of anilines is 1. The molecular weight excluding hydrogens is 278 g/mol. The van der Waals surface area contributed by atoms with E-state index >= 15 is 0 Å². The Hall–Kier alpha value is -2.65. The lowest BCUT2D eigenvalue weighted by atomic mass is 10.2. The molecule has 1 aliphatic carbocycles. The van der Waals surface area contributed by atoms with Crippen molar-refractivity contribution in [2.75, 3.05) is 5.32 Å². The summed E-state index contributed by atoms with van der Waals surface area (Å²) in [5.74, 6) is 0.771. The maximum absolute atomic E-state index is 11.9. The van der Waals surface area contributed by atoms with E-state index in [1.165, 1.54) is 22.9 Å². The van der Waals surface area contributed by atoms with E-state index in [1.807, 2.05) is 18.2 Å². The molecule has 0 amide bonds. The van der Waals surface area contributed by atoms with Gasteiger partial charge < -0.3 is 11.1 Å². The van der Waals surface area contributed by atoms with Crippen LogP contribution in [0.2, 0.25) is 0 Å². The lowest BCUT2D eigenvalue weighted by Crippen LogP contribution is -2.21. The normalized spacial score (nSPS) is 20.5. The summed E-state index contributed by atoms with van der Waals surface area (Å²) in [4.78, 5) is 16.2. The van der Waals surface area contributed by atoms with Gasteiger partial charge >= 0.3 is 0 Å². The first-order valence-corrected chi connectivity index (χ1v) is 7.27. The van der Waals surface area contributed by atoms with E-state index in [0.717, 1.165) is 25.1 Å². The van der Waals surface area contributed by atoms with Crippen LogP contribution in [-0.2, 0) is 0 Å². The zero-order chi connectivity index (χ0) is 15.5. The summed E-state index contributed by atoms with van der Waals surface area (Å²) in [5.41, 5.74) is 6.77. The molecule has 3 rings (SSSR count). The summed E-state index contributed by atoms with van der Waals surface area (Å²) >= 11 is 0. The molecule has 2 aromatic rings. The molecule has 1 aliphatic rings. The van der Waals surface area contributed by atoms with Gasteiger partial charge in [0.1, 0.15) is 11.9 Å². The molecule has 0 aliphatic heterocycles. The van der Waals surface area contributed by atoms with E-state index in [4.69, 9.17) is 11.0 Å².